The summed E-state index contributed by atoms with van der Waals surface area (Å²) in [4.78, 5) is 0. The molecule has 4 aliphatic rings. The minimum atomic E-state index is 0.657. The van der Waals surface area contributed by atoms with Crippen molar-refractivity contribution in [3.8, 4) is 23.0 Å². The fourth-order valence-corrected chi connectivity index (χ4v) is 2.71. The minimum absolute atomic E-state index is 0.657. The second-order valence-electron chi connectivity index (χ2n) is 6.43. The van der Waals surface area contributed by atoms with Crippen LogP contribution in [0.1, 0.15) is 25.7 Å². The van der Waals surface area contributed by atoms with Crippen LogP contribution in [0, 0.1) is 0 Å². The molecular formula is C24H28O4. The molecule has 2 aromatic rings. The molecule has 0 aliphatic carbocycles. The highest BCUT2D eigenvalue weighted by Crippen LogP contribution is 2.19. The molecule has 0 aromatic heterocycles. The Hall–Kier alpha value is -2.88. The fraction of sp³-hybridized carbons (Fsp3) is 0.333. The molecule has 0 saturated carbocycles. The summed E-state index contributed by atoms with van der Waals surface area (Å²) in [5.74, 6) is 3.45. The van der Waals surface area contributed by atoms with E-state index in [1.807, 2.05) is 48.5 Å². The van der Waals surface area contributed by atoms with Crippen LogP contribution in [0.15, 0.2) is 72.8 Å². The van der Waals surface area contributed by atoms with Crippen molar-refractivity contribution in [2.45, 2.75) is 25.7 Å². The van der Waals surface area contributed by atoms with Crippen LogP contribution in [0.25, 0.3) is 0 Å². The highest BCUT2D eigenvalue weighted by Gasteiger charge is 1.98. The Labute approximate surface area is 167 Å². The van der Waals surface area contributed by atoms with Crippen molar-refractivity contribution in [1.29, 1.82) is 0 Å². The SMILES string of the molecule is C1=C/CCOc2ccc(cc2)OCC/C=C/CCOc2ccc(cc2)OCC/1. The lowest BCUT2D eigenvalue weighted by Gasteiger charge is -2.08. The molecule has 0 N–H and O–H groups in total. The van der Waals surface area contributed by atoms with E-state index in [-0.39, 0.29) is 0 Å². The number of benzene rings is 2. The van der Waals surface area contributed by atoms with Gasteiger partial charge in [0.1, 0.15) is 23.0 Å². The molecule has 0 atom stereocenters. The van der Waals surface area contributed by atoms with Gasteiger partial charge in [-0.1, -0.05) is 24.3 Å². The van der Waals surface area contributed by atoms with Gasteiger partial charge in [0.05, 0.1) is 26.4 Å². The van der Waals surface area contributed by atoms with Gasteiger partial charge in [0, 0.05) is 0 Å². The van der Waals surface area contributed by atoms with E-state index >= 15 is 0 Å². The molecule has 4 heteroatoms. The van der Waals surface area contributed by atoms with Crippen molar-refractivity contribution in [2.24, 2.45) is 0 Å². The van der Waals surface area contributed by atoms with Gasteiger partial charge in [0.15, 0.2) is 0 Å². The van der Waals surface area contributed by atoms with E-state index in [9.17, 15) is 0 Å². The zero-order valence-corrected chi connectivity index (χ0v) is 16.2. The Morgan fingerprint density at radius 2 is 0.571 bits per heavy atom. The third-order valence-electron chi connectivity index (χ3n) is 4.19. The van der Waals surface area contributed by atoms with Crippen LogP contribution in [-0.4, -0.2) is 26.4 Å². The first-order valence-corrected chi connectivity index (χ1v) is 9.91. The molecule has 0 saturated heterocycles. The molecule has 2 aromatic carbocycles. The maximum atomic E-state index is 5.75. The van der Waals surface area contributed by atoms with Crippen molar-refractivity contribution in [1.82, 2.24) is 0 Å². The first-order valence-electron chi connectivity index (χ1n) is 9.91. The third kappa shape index (κ3) is 7.39. The average Bonchev–Trinajstić information content (AvgIpc) is 2.73. The van der Waals surface area contributed by atoms with Crippen LogP contribution in [-0.2, 0) is 0 Å². The summed E-state index contributed by atoms with van der Waals surface area (Å²) in [6.45, 7) is 2.63. The molecule has 4 nitrogen and oxygen atoms in total. The Bertz CT molecular complexity index is 605. The topological polar surface area (TPSA) is 36.9 Å². The van der Waals surface area contributed by atoms with Crippen molar-refractivity contribution in [2.75, 3.05) is 26.4 Å². The molecule has 0 fully saturated rings. The van der Waals surface area contributed by atoms with E-state index < -0.39 is 0 Å². The second kappa shape index (κ2) is 11.8. The quantitative estimate of drug-likeness (QED) is 0.559. The highest BCUT2D eigenvalue weighted by atomic mass is 16.5. The van der Waals surface area contributed by atoms with Gasteiger partial charge in [-0.25, -0.2) is 0 Å². The Kier molecular flexibility index (Phi) is 8.34. The van der Waals surface area contributed by atoms with Crippen molar-refractivity contribution in [3.05, 3.63) is 72.8 Å². The van der Waals surface area contributed by atoms with Crippen molar-refractivity contribution in [3.63, 3.8) is 0 Å². The van der Waals surface area contributed by atoms with E-state index in [1.165, 1.54) is 0 Å². The van der Waals surface area contributed by atoms with Gasteiger partial charge in [0.25, 0.3) is 0 Å². The third-order valence-corrected chi connectivity index (χ3v) is 4.19. The number of ether oxygens (including phenoxy) is 4. The van der Waals surface area contributed by atoms with Gasteiger partial charge in [-0.3, -0.25) is 0 Å². The van der Waals surface area contributed by atoms with E-state index in [2.05, 4.69) is 24.3 Å². The Morgan fingerprint density at radius 3 is 0.786 bits per heavy atom. The maximum absolute atomic E-state index is 5.75. The minimum Gasteiger partial charge on any atom is -0.493 e. The first kappa shape index (κ1) is 19.9. The summed E-state index contributed by atoms with van der Waals surface area (Å²) in [6, 6.07) is 15.6. The van der Waals surface area contributed by atoms with Crippen LogP contribution in [0.4, 0.5) is 0 Å². The number of hydrogen-bond donors (Lipinski definition) is 0. The van der Waals surface area contributed by atoms with Crippen molar-refractivity contribution < 1.29 is 18.9 Å². The van der Waals surface area contributed by atoms with Gasteiger partial charge >= 0.3 is 0 Å². The van der Waals surface area contributed by atoms with E-state index in [1.54, 1.807) is 0 Å². The van der Waals surface area contributed by atoms with Gasteiger partial charge in [0.2, 0.25) is 0 Å². The molecule has 0 amide bonds. The van der Waals surface area contributed by atoms with Crippen LogP contribution in [0.3, 0.4) is 0 Å². The molecule has 148 valence electrons. The zero-order valence-electron chi connectivity index (χ0n) is 16.2. The summed E-state index contributed by atoms with van der Waals surface area (Å²) in [5.41, 5.74) is 0. The van der Waals surface area contributed by atoms with Crippen LogP contribution >= 0.6 is 0 Å². The second-order valence-corrected chi connectivity index (χ2v) is 6.43. The van der Waals surface area contributed by atoms with E-state index in [0.29, 0.717) is 26.4 Å². The molecule has 0 radical (unpaired) electrons. The molecule has 4 aliphatic heterocycles. The summed E-state index contributed by atoms with van der Waals surface area (Å²) in [5, 5.41) is 0. The van der Waals surface area contributed by atoms with Crippen molar-refractivity contribution >= 4 is 0 Å². The maximum Gasteiger partial charge on any atom is 0.119 e. The monoisotopic (exact) mass is 380 g/mol. The summed E-state index contributed by atoms with van der Waals surface area (Å²) >= 11 is 0. The first-order chi connectivity index (χ1) is 13.9. The van der Waals surface area contributed by atoms with E-state index in [0.717, 1.165) is 48.7 Å². The highest BCUT2D eigenvalue weighted by molar-refractivity contribution is 5.32. The number of hydrogen-bond acceptors (Lipinski definition) is 4. The average molecular weight is 380 g/mol. The predicted molar refractivity (Wildman–Crippen MR) is 112 cm³/mol. The molecular weight excluding hydrogens is 352 g/mol. The van der Waals surface area contributed by atoms with E-state index in [4.69, 9.17) is 18.9 Å². The van der Waals surface area contributed by atoms with Crippen LogP contribution in [0.2, 0.25) is 0 Å². The largest absolute Gasteiger partial charge is 0.493 e. The predicted octanol–water partition coefficient (Wildman–Crippen LogP) is 5.59. The summed E-state index contributed by atoms with van der Waals surface area (Å²) in [6.07, 6.45) is 12.0. The number of rotatable bonds is 0. The van der Waals surface area contributed by atoms with Crippen LogP contribution < -0.4 is 18.9 Å². The molecule has 28 heavy (non-hydrogen) atoms. The lowest BCUT2D eigenvalue weighted by molar-refractivity contribution is 0.312. The fourth-order valence-electron chi connectivity index (χ4n) is 2.71. The summed E-state index contributed by atoms with van der Waals surface area (Å²) in [7, 11) is 0. The molecule has 0 unspecified atom stereocenters. The summed E-state index contributed by atoms with van der Waals surface area (Å²) < 4.78 is 23.0. The smallest absolute Gasteiger partial charge is 0.119 e. The molecule has 0 spiro atoms. The van der Waals surface area contributed by atoms with Crippen LogP contribution in [0.5, 0.6) is 23.0 Å². The van der Waals surface area contributed by atoms with Gasteiger partial charge in [-0.2, -0.15) is 0 Å². The lowest BCUT2D eigenvalue weighted by Crippen LogP contribution is -1.99. The lowest BCUT2D eigenvalue weighted by atomic mass is 10.3. The standard InChI is InChI=1S/C24H28O4/c1-2-6-18-26-22-13-15-24(16-14-22)28-20-8-4-3-7-19-27-23-11-9-21(10-12-23)25-17-5-1/h1-4,9-16H,5-8,17-20H2/b2-1+,4-3+. The Balaban J connectivity index is 1.52. The molecule has 4 heterocycles. The Morgan fingerprint density at radius 1 is 0.357 bits per heavy atom. The van der Waals surface area contributed by atoms with Gasteiger partial charge in [-0.05, 0) is 74.2 Å². The van der Waals surface area contributed by atoms with Gasteiger partial charge < -0.3 is 18.9 Å². The zero-order chi connectivity index (χ0) is 19.3. The van der Waals surface area contributed by atoms with Gasteiger partial charge in [-0.15, -0.1) is 0 Å². The molecule has 6 rings (SSSR count). The normalized spacial score (nSPS) is 18.6. The molecule has 4 bridgehead atoms.